The molecule has 1 fully saturated rings. The largest absolute Gasteiger partial charge is 0.369 e. The van der Waals surface area contributed by atoms with E-state index in [1.807, 2.05) is 11.3 Å². The topological polar surface area (TPSA) is 15.3 Å². The standard InChI is InChI=1S/C17H30N2S/c1-4-5-15-10-16(18-8-6-14(2)3)12-19(11-15)17-7-9-20-13-17/h7,9,13-16,18H,4-6,8,10-12H2,1-3H3. The van der Waals surface area contributed by atoms with E-state index in [4.69, 9.17) is 0 Å². The number of hydrogen-bond acceptors (Lipinski definition) is 3. The molecule has 20 heavy (non-hydrogen) atoms. The summed E-state index contributed by atoms with van der Waals surface area (Å²) in [6.07, 6.45) is 5.31. The van der Waals surface area contributed by atoms with Crippen molar-refractivity contribution < 1.29 is 0 Å². The second kappa shape index (κ2) is 8.04. The average molecular weight is 295 g/mol. The van der Waals surface area contributed by atoms with Crippen LogP contribution in [0.2, 0.25) is 0 Å². The molecule has 1 aromatic rings. The van der Waals surface area contributed by atoms with Crippen LogP contribution in [0.15, 0.2) is 16.8 Å². The zero-order valence-corrected chi connectivity index (χ0v) is 14.1. The number of piperidine rings is 1. The van der Waals surface area contributed by atoms with Crippen LogP contribution in [0.3, 0.4) is 0 Å². The van der Waals surface area contributed by atoms with Gasteiger partial charge < -0.3 is 10.2 Å². The van der Waals surface area contributed by atoms with Crippen molar-refractivity contribution in [1.29, 1.82) is 0 Å². The molecule has 1 aliphatic heterocycles. The maximum atomic E-state index is 3.79. The highest BCUT2D eigenvalue weighted by Crippen LogP contribution is 2.27. The molecular formula is C17H30N2S. The van der Waals surface area contributed by atoms with E-state index in [1.54, 1.807) is 0 Å². The Kier molecular flexibility index (Phi) is 6.37. The minimum absolute atomic E-state index is 0.666. The van der Waals surface area contributed by atoms with Gasteiger partial charge in [-0.25, -0.2) is 0 Å². The van der Waals surface area contributed by atoms with Gasteiger partial charge >= 0.3 is 0 Å². The molecule has 2 nitrogen and oxygen atoms in total. The second-order valence-electron chi connectivity index (χ2n) is 6.61. The monoisotopic (exact) mass is 294 g/mol. The second-order valence-corrected chi connectivity index (χ2v) is 7.39. The zero-order chi connectivity index (χ0) is 14.4. The normalized spacial score (nSPS) is 23.5. The van der Waals surface area contributed by atoms with Gasteiger partial charge in [0.15, 0.2) is 0 Å². The molecule has 0 bridgehead atoms. The smallest absolute Gasteiger partial charge is 0.0475 e. The highest BCUT2D eigenvalue weighted by molar-refractivity contribution is 7.08. The summed E-state index contributed by atoms with van der Waals surface area (Å²) in [5, 5.41) is 8.28. The first-order chi connectivity index (χ1) is 9.69. The van der Waals surface area contributed by atoms with E-state index in [2.05, 4.69) is 47.8 Å². The first-order valence-corrected chi connectivity index (χ1v) is 9.13. The SMILES string of the molecule is CCCC1CC(NCCC(C)C)CN(c2ccsc2)C1. The summed E-state index contributed by atoms with van der Waals surface area (Å²) in [6, 6.07) is 2.93. The third-order valence-electron chi connectivity index (χ3n) is 4.26. The molecule has 1 aromatic heterocycles. The number of nitrogens with one attached hydrogen (secondary N) is 1. The summed E-state index contributed by atoms with van der Waals surface area (Å²) < 4.78 is 0. The molecular weight excluding hydrogens is 264 g/mol. The third-order valence-corrected chi connectivity index (χ3v) is 4.93. The average Bonchev–Trinajstić information content (AvgIpc) is 2.92. The van der Waals surface area contributed by atoms with Gasteiger partial charge in [0.2, 0.25) is 0 Å². The lowest BCUT2D eigenvalue weighted by molar-refractivity contribution is 0.313. The number of anilines is 1. The van der Waals surface area contributed by atoms with Crippen molar-refractivity contribution in [2.24, 2.45) is 11.8 Å². The molecule has 2 heterocycles. The lowest BCUT2D eigenvalue weighted by Gasteiger charge is -2.39. The van der Waals surface area contributed by atoms with Crippen LogP contribution in [0.5, 0.6) is 0 Å². The van der Waals surface area contributed by atoms with Crippen LogP contribution in [-0.4, -0.2) is 25.7 Å². The van der Waals surface area contributed by atoms with E-state index >= 15 is 0 Å². The van der Waals surface area contributed by atoms with E-state index < -0.39 is 0 Å². The molecule has 0 amide bonds. The molecule has 0 spiro atoms. The van der Waals surface area contributed by atoms with E-state index in [1.165, 1.54) is 51.0 Å². The van der Waals surface area contributed by atoms with Crippen molar-refractivity contribution in [3.8, 4) is 0 Å². The van der Waals surface area contributed by atoms with Crippen molar-refractivity contribution >= 4 is 17.0 Å². The Hall–Kier alpha value is -0.540. The summed E-state index contributed by atoms with van der Waals surface area (Å²) in [6.45, 7) is 10.5. The zero-order valence-electron chi connectivity index (χ0n) is 13.3. The molecule has 1 N–H and O–H groups in total. The molecule has 0 radical (unpaired) electrons. The molecule has 2 rings (SSSR count). The summed E-state index contributed by atoms with van der Waals surface area (Å²) in [5.41, 5.74) is 1.42. The Bertz CT molecular complexity index is 361. The summed E-state index contributed by atoms with van der Waals surface area (Å²) >= 11 is 1.81. The molecule has 1 aliphatic rings. The maximum Gasteiger partial charge on any atom is 0.0475 e. The van der Waals surface area contributed by atoms with Crippen LogP contribution in [-0.2, 0) is 0 Å². The Balaban J connectivity index is 1.90. The fourth-order valence-electron chi connectivity index (χ4n) is 3.19. The Labute approximate surface area is 128 Å². The highest BCUT2D eigenvalue weighted by Gasteiger charge is 2.26. The Morgan fingerprint density at radius 2 is 2.25 bits per heavy atom. The Morgan fingerprint density at radius 1 is 1.40 bits per heavy atom. The van der Waals surface area contributed by atoms with Gasteiger partial charge in [0.25, 0.3) is 0 Å². The highest BCUT2D eigenvalue weighted by atomic mass is 32.1. The minimum Gasteiger partial charge on any atom is -0.369 e. The maximum absolute atomic E-state index is 3.79. The number of hydrogen-bond donors (Lipinski definition) is 1. The first-order valence-electron chi connectivity index (χ1n) is 8.19. The van der Waals surface area contributed by atoms with E-state index in [9.17, 15) is 0 Å². The van der Waals surface area contributed by atoms with Crippen molar-refractivity contribution in [1.82, 2.24) is 5.32 Å². The predicted octanol–water partition coefficient (Wildman–Crippen LogP) is 4.38. The van der Waals surface area contributed by atoms with Gasteiger partial charge in [0, 0.05) is 30.2 Å². The van der Waals surface area contributed by atoms with E-state index in [0.717, 1.165) is 11.8 Å². The molecule has 114 valence electrons. The van der Waals surface area contributed by atoms with Crippen LogP contribution in [0, 0.1) is 11.8 Å². The molecule has 0 aliphatic carbocycles. The van der Waals surface area contributed by atoms with Crippen molar-refractivity contribution in [3.05, 3.63) is 16.8 Å². The lowest BCUT2D eigenvalue weighted by Crippen LogP contribution is -2.49. The predicted molar refractivity (Wildman–Crippen MR) is 90.8 cm³/mol. The minimum atomic E-state index is 0.666. The van der Waals surface area contributed by atoms with Gasteiger partial charge in [0.1, 0.15) is 0 Å². The van der Waals surface area contributed by atoms with Gasteiger partial charge in [-0.1, -0.05) is 27.2 Å². The van der Waals surface area contributed by atoms with Crippen molar-refractivity contribution in [2.75, 3.05) is 24.5 Å². The number of nitrogens with zero attached hydrogens (tertiary/aromatic N) is 1. The van der Waals surface area contributed by atoms with Crippen molar-refractivity contribution in [2.45, 2.75) is 52.5 Å². The third kappa shape index (κ3) is 4.78. The molecule has 0 aromatic carbocycles. The van der Waals surface area contributed by atoms with Crippen LogP contribution < -0.4 is 10.2 Å². The van der Waals surface area contributed by atoms with Gasteiger partial charge in [-0.3, -0.25) is 0 Å². The van der Waals surface area contributed by atoms with Gasteiger partial charge in [-0.2, -0.15) is 11.3 Å². The van der Waals surface area contributed by atoms with Crippen molar-refractivity contribution in [3.63, 3.8) is 0 Å². The molecule has 2 unspecified atom stereocenters. The molecule has 2 atom stereocenters. The number of thiophene rings is 1. The van der Waals surface area contributed by atoms with Gasteiger partial charge in [-0.05, 0) is 49.1 Å². The van der Waals surface area contributed by atoms with Crippen LogP contribution in [0.1, 0.15) is 46.5 Å². The molecule has 3 heteroatoms. The Morgan fingerprint density at radius 3 is 2.90 bits per heavy atom. The summed E-state index contributed by atoms with van der Waals surface area (Å²) in [4.78, 5) is 2.59. The van der Waals surface area contributed by atoms with Gasteiger partial charge in [-0.15, -0.1) is 0 Å². The van der Waals surface area contributed by atoms with E-state index in [0.29, 0.717) is 6.04 Å². The van der Waals surface area contributed by atoms with E-state index in [-0.39, 0.29) is 0 Å². The summed E-state index contributed by atoms with van der Waals surface area (Å²) in [7, 11) is 0. The lowest BCUT2D eigenvalue weighted by atomic mass is 9.90. The van der Waals surface area contributed by atoms with Crippen LogP contribution in [0.25, 0.3) is 0 Å². The van der Waals surface area contributed by atoms with Crippen LogP contribution in [0.4, 0.5) is 5.69 Å². The molecule has 1 saturated heterocycles. The summed E-state index contributed by atoms with van der Waals surface area (Å²) in [5.74, 6) is 1.65. The first kappa shape index (κ1) is 15.8. The number of rotatable bonds is 7. The molecule has 0 saturated carbocycles. The quantitative estimate of drug-likeness (QED) is 0.803. The fourth-order valence-corrected chi connectivity index (χ4v) is 3.86. The van der Waals surface area contributed by atoms with Crippen LogP contribution >= 0.6 is 11.3 Å². The fraction of sp³-hybridized carbons (Fsp3) is 0.765. The van der Waals surface area contributed by atoms with Gasteiger partial charge in [0.05, 0.1) is 0 Å².